The molecule has 0 bridgehead atoms. The van der Waals surface area contributed by atoms with Gasteiger partial charge in [-0.25, -0.2) is 0 Å². The van der Waals surface area contributed by atoms with E-state index in [1.165, 1.54) is 35.1 Å². The van der Waals surface area contributed by atoms with Gasteiger partial charge in [0.05, 0.1) is 0 Å². The summed E-state index contributed by atoms with van der Waals surface area (Å²) in [6, 6.07) is 9.10. The highest BCUT2D eigenvalue weighted by atomic mass is 14.9. The van der Waals surface area contributed by atoms with E-state index in [9.17, 15) is 0 Å². The van der Waals surface area contributed by atoms with E-state index in [1.54, 1.807) is 5.56 Å². The molecular formula is C17H18N2. The van der Waals surface area contributed by atoms with Gasteiger partial charge in [0.25, 0.3) is 0 Å². The van der Waals surface area contributed by atoms with E-state index in [-0.39, 0.29) is 0 Å². The molecule has 1 saturated carbocycles. The van der Waals surface area contributed by atoms with Crippen LogP contribution in [-0.2, 0) is 12.0 Å². The maximum atomic E-state index is 4.19. The molecule has 2 aromatic rings. The van der Waals surface area contributed by atoms with Crippen molar-refractivity contribution < 1.29 is 0 Å². The number of benzene rings is 1. The molecule has 0 unspecified atom stereocenters. The van der Waals surface area contributed by atoms with Crippen LogP contribution in [0.2, 0.25) is 0 Å². The van der Waals surface area contributed by atoms with Crippen LogP contribution in [0.5, 0.6) is 0 Å². The molecule has 1 fully saturated rings. The van der Waals surface area contributed by atoms with E-state index >= 15 is 0 Å². The summed E-state index contributed by atoms with van der Waals surface area (Å²) < 4.78 is 0. The highest BCUT2D eigenvalue weighted by Gasteiger charge is 2.46. The summed E-state index contributed by atoms with van der Waals surface area (Å²) in [5.41, 5.74) is 7.42. The molecule has 19 heavy (non-hydrogen) atoms. The van der Waals surface area contributed by atoms with Crippen molar-refractivity contribution in [3.8, 4) is 11.1 Å². The van der Waals surface area contributed by atoms with Gasteiger partial charge in [0.1, 0.15) is 0 Å². The predicted molar refractivity (Wildman–Crippen MR) is 77.0 cm³/mol. The Bertz CT molecular complexity index is 641. The first kappa shape index (κ1) is 11.2. The second-order valence-corrected chi connectivity index (χ2v) is 5.95. The molecule has 4 rings (SSSR count). The fourth-order valence-electron chi connectivity index (χ4n) is 3.32. The number of fused-ring (bicyclic) bond motifs is 2. The van der Waals surface area contributed by atoms with Gasteiger partial charge in [0.15, 0.2) is 0 Å². The SMILES string of the molecule is Cc1cnccc1-c1ccc2c(c1)C1(CC1)CNC2. The first-order chi connectivity index (χ1) is 9.28. The summed E-state index contributed by atoms with van der Waals surface area (Å²) in [5, 5.41) is 3.55. The first-order valence-electron chi connectivity index (χ1n) is 7.04. The Morgan fingerprint density at radius 3 is 2.89 bits per heavy atom. The van der Waals surface area contributed by atoms with Gasteiger partial charge < -0.3 is 5.32 Å². The molecule has 2 nitrogen and oxygen atoms in total. The van der Waals surface area contributed by atoms with Gasteiger partial charge in [-0.05, 0) is 53.6 Å². The minimum atomic E-state index is 0.449. The molecule has 1 aromatic carbocycles. The molecular weight excluding hydrogens is 232 g/mol. The molecule has 96 valence electrons. The Morgan fingerprint density at radius 2 is 2.11 bits per heavy atom. The molecule has 0 amide bonds. The third-order valence-electron chi connectivity index (χ3n) is 4.64. The molecule has 2 heteroatoms. The Labute approximate surface area is 113 Å². The van der Waals surface area contributed by atoms with Gasteiger partial charge in [0, 0.05) is 30.9 Å². The smallest absolute Gasteiger partial charge is 0.0303 e. The Balaban J connectivity index is 1.86. The second kappa shape index (κ2) is 3.91. The summed E-state index contributed by atoms with van der Waals surface area (Å²) in [6.07, 6.45) is 6.51. The third kappa shape index (κ3) is 1.71. The summed E-state index contributed by atoms with van der Waals surface area (Å²) >= 11 is 0. The summed E-state index contributed by atoms with van der Waals surface area (Å²) in [6.45, 7) is 4.31. The molecule has 0 saturated heterocycles. The van der Waals surface area contributed by atoms with Crippen LogP contribution < -0.4 is 5.32 Å². The maximum absolute atomic E-state index is 4.19. The van der Waals surface area contributed by atoms with Crippen LogP contribution in [0.3, 0.4) is 0 Å². The van der Waals surface area contributed by atoms with Crippen molar-refractivity contribution in [1.29, 1.82) is 0 Å². The topological polar surface area (TPSA) is 24.9 Å². The molecule has 1 aliphatic carbocycles. The summed E-state index contributed by atoms with van der Waals surface area (Å²) in [5.74, 6) is 0. The molecule has 2 aliphatic rings. The maximum Gasteiger partial charge on any atom is 0.0303 e. The summed E-state index contributed by atoms with van der Waals surface area (Å²) in [4.78, 5) is 4.19. The van der Waals surface area contributed by atoms with Crippen LogP contribution in [0.25, 0.3) is 11.1 Å². The van der Waals surface area contributed by atoms with Crippen LogP contribution >= 0.6 is 0 Å². The molecule has 0 radical (unpaired) electrons. The number of aromatic nitrogens is 1. The Hall–Kier alpha value is -1.67. The number of nitrogens with one attached hydrogen (secondary N) is 1. The molecule has 1 aromatic heterocycles. The molecule has 1 N–H and O–H groups in total. The monoisotopic (exact) mass is 250 g/mol. The number of hydrogen-bond donors (Lipinski definition) is 1. The quantitative estimate of drug-likeness (QED) is 0.840. The number of nitrogens with zero attached hydrogens (tertiary/aromatic N) is 1. The zero-order valence-electron chi connectivity index (χ0n) is 11.2. The van der Waals surface area contributed by atoms with Crippen LogP contribution in [0.15, 0.2) is 36.7 Å². The normalized spacial score (nSPS) is 19.2. The highest BCUT2D eigenvalue weighted by molar-refractivity contribution is 5.68. The number of hydrogen-bond acceptors (Lipinski definition) is 2. The first-order valence-corrected chi connectivity index (χ1v) is 7.04. The van der Waals surface area contributed by atoms with Crippen LogP contribution in [0.1, 0.15) is 29.5 Å². The minimum absolute atomic E-state index is 0.449. The molecule has 0 atom stereocenters. The lowest BCUT2D eigenvalue weighted by Crippen LogP contribution is -2.33. The van der Waals surface area contributed by atoms with Gasteiger partial charge in [0.2, 0.25) is 0 Å². The van der Waals surface area contributed by atoms with Crippen molar-refractivity contribution in [3.63, 3.8) is 0 Å². The Kier molecular flexibility index (Phi) is 2.30. The summed E-state index contributed by atoms with van der Waals surface area (Å²) in [7, 11) is 0. The average molecular weight is 250 g/mol. The van der Waals surface area contributed by atoms with Gasteiger partial charge in [-0.1, -0.05) is 18.2 Å². The average Bonchev–Trinajstić information content (AvgIpc) is 3.20. The zero-order chi connectivity index (χ0) is 12.9. The molecule has 1 spiro atoms. The lowest BCUT2D eigenvalue weighted by Gasteiger charge is -2.27. The standard InChI is InChI=1S/C17H18N2/c1-12-9-18-7-4-15(12)13-2-3-14-10-19-11-17(5-6-17)16(14)8-13/h2-4,7-9,19H,5-6,10-11H2,1H3. The minimum Gasteiger partial charge on any atom is -0.312 e. The molecule has 2 heterocycles. The lowest BCUT2D eigenvalue weighted by molar-refractivity contribution is 0.531. The van der Waals surface area contributed by atoms with Crippen molar-refractivity contribution in [2.45, 2.75) is 31.7 Å². The van der Waals surface area contributed by atoms with Gasteiger partial charge in [-0.15, -0.1) is 0 Å². The van der Waals surface area contributed by atoms with Gasteiger partial charge in [-0.2, -0.15) is 0 Å². The van der Waals surface area contributed by atoms with Crippen LogP contribution in [0, 0.1) is 6.92 Å². The van der Waals surface area contributed by atoms with Crippen molar-refractivity contribution in [2.24, 2.45) is 0 Å². The van der Waals surface area contributed by atoms with Crippen molar-refractivity contribution in [1.82, 2.24) is 10.3 Å². The number of pyridine rings is 1. The van der Waals surface area contributed by atoms with E-state index < -0.39 is 0 Å². The van der Waals surface area contributed by atoms with E-state index in [0.29, 0.717) is 5.41 Å². The van der Waals surface area contributed by atoms with Gasteiger partial charge >= 0.3 is 0 Å². The number of aryl methyl sites for hydroxylation is 1. The van der Waals surface area contributed by atoms with Crippen molar-refractivity contribution in [3.05, 3.63) is 53.3 Å². The van der Waals surface area contributed by atoms with Crippen LogP contribution in [0.4, 0.5) is 0 Å². The fraction of sp³-hybridized carbons (Fsp3) is 0.353. The largest absolute Gasteiger partial charge is 0.312 e. The van der Waals surface area contributed by atoms with E-state index in [4.69, 9.17) is 0 Å². The third-order valence-corrected chi connectivity index (χ3v) is 4.64. The van der Waals surface area contributed by atoms with Gasteiger partial charge in [-0.3, -0.25) is 4.98 Å². The van der Waals surface area contributed by atoms with Crippen molar-refractivity contribution >= 4 is 0 Å². The van der Waals surface area contributed by atoms with E-state index in [0.717, 1.165) is 13.1 Å². The Morgan fingerprint density at radius 1 is 1.21 bits per heavy atom. The predicted octanol–water partition coefficient (Wildman–Crippen LogP) is 3.19. The van der Waals surface area contributed by atoms with Crippen molar-refractivity contribution in [2.75, 3.05) is 6.54 Å². The molecule has 1 aliphatic heterocycles. The zero-order valence-corrected chi connectivity index (χ0v) is 11.2. The lowest BCUT2D eigenvalue weighted by atomic mass is 9.85. The highest BCUT2D eigenvalue weighted by Crippen LogP contribution is 2.51. The van der Waals surface area contributed by atoms with Crippen LogP contribution in [-0.4, -0.2) is 11.5 Å². The van der Waals surface area contributed by atoms with E-state index in [1.807, 2.05) is 12.4 Å². The van der Waals surface area contributed by atoms with E-state index in [2.05, 4.69) is 41.5 Å². The second-order valence-electron chi connectivity index (χ2n) is 5.95. The number of rotatable bonds is 1. The fourth-order valence-corrected chi connectivity index (χ4v) is 3.32.